The highest BCUT2D eigenvalue weighted by Gasteiger charge is 2.24. The van der Waals surface area contributed by atoms with Crippen LogP contribution in [-0.4, -0.2) is 33.0 Å². The molecule has 0 spiro atoms. The molecule has 1 aromatic carbocycles. The van der Waals surface area contributed by atoms with Crippen molar-refractivity contribution in [2.24, 2.45) is 0 Å². The van der Waals surface area contributed by atoms with E-state index in [1.807, 2.05) is 25.2 Å². The molecular formula is C14H17N5O. The molecule has 6 nitrogen and oxygen atoms in total. The van der Waals surface area contributed by atoms with Gasteiger partial charge >= 0.3 is 0 Å². The van der Waals surface area contributed by atoms with Crippen LogP contribution in [0.1, 0.15) is 41.1 Å². The summed E-state index contributed by atoms with van der Waals surface area (Å²) in [5.74, 6) is 0.882. The van der Waals surface area contributed by atoms with Gasteiger partial charge in [0.2, 0.25) is 0 Å². The van der Waals surface area contributed by atoms with Crippen LogP contribution in [0.25, 0.3) is 0 Å². The minimum atomic E-state index is 0.0600. The Morgan fingerprint density at radius 1 is 1.50 bits per heavy atom. The molecule has 104 valence electrons. The minimum absolute atomic E-state index is 0.0600. The lowest BCUT2D eigenvalue weighted by molar-refractivity contribution is 0.0816. The van der Waals surface area contributed by atoms with Gasteiger partial charge in [-0.15, -0.1) is 0 Å². The molecule has 3 rings (SSSR count). The number of benzene rings is 1. The van der Waals surface area contributed by atoms with Crippen molar-refractivity contribution in [2.75, 3.05) is 12.4 Å². The van der Waals surface area contributed by atoms with E-state index in [4.69, 9.17) is 0 Å². The van der Waals surface area contributed by atoms with Crippen molar-refractivity contribution < 1.29 is 4.79 Å². The van der Waals surface area contributed by atoms with Crippen LogP contribution in [0.3, 0.4) is 0 Å². The molecule has 0 aliphatic carbocycles. The normalized spacial score (nSPS) is 15.3. The molecule has 0 fully saturated rings. The Morgan fingerprint density at radius 3 is 3.05 bits per heavy atom. The predicted octanol–water partition coefficient (Wildman–Crippen LogP) is 1.95. The minimum Gasteiger partial charge on any atom is -0.375 e. The van der Waals surface area contributed by atoms with Crippen LogP contribution < -0.4 is 5.32 Å². The number of nitrogens with zero attached hydrogens (tertiary/aromatic N) is 3. The number of fused-ring (bicyclic) bond motifs is 1. The van der Waals surface area contributed by atoms with Crippen molar-refractivity contribution >= 4 is 11.6 Å². The summed E-state index contributed by atoms with van der Waals surface area (Å²) in [6.45, 7) is 2.76. The first-order chi connectivity index (χ1) is 9.69. The van der Waals surface area contributed by atoms with Gasteiger partial charge in [-0.05, 0) is 24.1 Å². The average Bonchev–Trinajstić information content (AvgIpc) is 3.07. The summed E-state index contributed by atoms with van der Waals surface area (Å²) in [5, 5.41) is 10.1. The highest BCUT2D eigenvalue weighted by molar-refractivity contribution is 5.99. The maximum Gasteiger partial charge on any atom is 0.254 e. The van der Waals surface area contributed by atoms with Crippen LogP contribution in [0.4, 0.5) is 5.69 Å². The second-order valence-corrected chi connectivity index (χ2v) is 5.01. The summed E-state index contributed by atoms with van der Waals surface area (Å²) in [6.07, 6.45) is 2.38. The molecule has 1 aromatic heterocycles. The van der Waals surface area contributed by atoms with E-state index in [0.29, 0.717) is 6.54 Å². The number of amides is 1. The fourth-order valence-corrected chi connectivity index (χ4v) is 2.48. The largest absolute Gasteiger partial charge is 0.375 e. The lowest BCUT2D eigenvalue weighted by Crippen LogP contribution is -2.17. The Morgan fingerprint density at radius 2 is 2.35 bits per heavy atom. The number of carbonyl (C=O) groups excluding carboxylic acids is 1. The second-order valence-electron chi connectivity index (χ2n) is 5.01. The summed E-state index contributed by atoms with van der Waals surface area (Å²) in [6, 6.07) is 5.99. The van der Waals surface area contributed by atoms with E-state index in [0.717, 1.165) is 29.1 Å². The summed E-state index contributed by atoms with van der Waals surface area (Å²) >= 11 is 0. The zero-order chi connectivity index (χ0) is 14.1. The maximum absolute atomic E-state index is 12.0. The lowest BCUT2D eigenvalue weighted by Gasteiger charge is -2.16. The van der Waals surface area contributed by atoms with Crippen molar-refractivity contribution in [2.45, 2.75) is 25.9 Å². The van der Waals surface area contributed by atoms with Gasteiger partial charge in [0.15, 0.2) is 0 Å². The molecule has 2 N–H and O–H groups in total. The highest BCUT2D eigenvalue weighted by atomic mass is 16.2. The standard InChI is InChI=1S/C14H17N5O/c1-3-12(13-15-8-16-18-13)17-10-5-4-9-7-19(2)14(20)11(9)6-10/h4-6,8,12,17H,3,7H2,1-2H3,(H,15,16,18). The van der Waals surface area contributed by atoms with E-state index in [1.165, 1.54) is 6.33 Å². The molecule has 2 aromatic rings. The van der Waals surface area contributed by atoms with Crippen LogP contribution in [0.2, 0.25) is 0 Å². The quantitative estimate of drug-likeness (QED) is 0.891. The molecule has 0 bridgehead atoms. The van der Waals surface area contributed by atoms with Crippen molar-refractivity contribution in [1.82, 2.24) is 20.1 Å². The fourth-order valence-electron chi connectivity index (χ4n) is 2.48. The molecule has 1 aliphatic heterocycles. The summed E-state index contributed by atoms with van der Waals surface area (Å²) in [4.78, 5) is 17.9. The number of aromatic amines is 1. The number of rotatable bonds is 4. The Bertz CT molecular complexity index is 622. The van der Waals surface area contributed by atoms with Crippen LogP contribution in [0, 0.1) is 0 Å². The van der Waals surface area contributed by atoms with E-state index in [2.05, 4.69) is 27.4 Å². The third kappa shape index (κ3) is 2.13. The van der Waals surface area contributed by atoms with E-state index >= 15 is 0 Å². The molecule has 0 radical (unpaired) electrons. The number of carbonyl (C=O) groups is 1. The van der Waals surface area contributed by atoms with Crippen molar-refractivity contribution in [3.63, 3.8) is 0 Å². The summed E-state index contributed by atoms with van der Waals surface area (Å²) in [7, 11) is 1.82. The number of anilines is 1. The summed E-state index contributed by atoms with van der Waals surface area (Å²) in [5.41, 5.74) is 2.79. The van der Waals surface area contributed by atoms with E-state index in [1.54, 1.807) is 4.90 Å². The monoisotopic (exact) mass is 271 g/mol. The Hall–Kier alpha value is -2.37. The van der Waals surface area contributed by atoms with Crippen LogP contribution in [-0.2, 0) is 6.54 Å². The van der Waals surface area contributed by atoms with Crippen LogP contribution in [0.15, 0.2) is 24.5 Å². The van der Waals surface area contributed by atoms with Gasteiger partial charge in [0, 0.05) is 24.8 Å². The third-order valence-corrected chi connectivity index (χ3v) is 3.61. The number of nitrogens with one attached hydrogen (secondary N) is 2. The maximum atomic E-state index is 12.0. The molecule has 1 unspecified atom stereocenters. The Balaban J connectivity index is 1.84. The average molecular weight is 271 g/mol. The highest BCUT2D eigenvalue weighted by Crippen LogP contribution is 2.27. The molecule has 0 saturated carbocycles. The topological polar surface area (TPSA) is 73.9 Å². The van der Waals surface area contributed by atoms with Gasteiger partial charge in [-0.2, -0.15) is 5.10 Å². The molecule has 6 heteroatoms. The van der Waals surface area contributed by atoms with Crippen molar-refractivity contribution in [3.8, 4) is 0 Å². The van der Waals surface area contributed by atoms with Crippen LogP contribution in [0.5, 0.6) is 0 Å². The van der Waals surface area contributed by atoms with Gasteiger partial charge in [-0.3, -0.25) is 9.89 Å². The summed E-state index contributed by atoms with van der Waals surface area (Å²) < 4.78 is 0. The fraction of sp³-hybridized carbons (Fsp3) is 0.357. The van der Waals surface area contributed by atoms with Crippen molar-refractivity contribution in [3.05, 3.63) is 41.5 Å². The first-order valence-electron chi connectivity index (χ1n) is 6.69. The SMILES string of the molecule is CCC(Nc1ccc2c(c1)C(=O)N(C)C2)c1ncn[nH]1. The van der Waals surface area contributed by atoms with Crippen molar-refractivity contribution in [1.29, 1.82) is 0 Å². The van der Waals surface area contributed by atoms with Gasteiger partial charge in [0.25, 0.3) is 5.91 Å². The van der Waals surface area contributed by atoms with E-state index < -0.39 is 0 Å². The molecule has 1 amide bonds. The van der Waals surface area contributed by atoms with Gasteiger partial charge < -0.3 is 10.2 Å². The number of H-pyrrole nitrogens is 1. The zero-order valence-electron chi connectivity index (χ0n) is 11.6. The van der Waals surface area contributed by atoms with E-state index in [9.17, 15) is 4.79 Å². The Labute approximate surface area is 117 Å². The number of hydrogen-bond acceptors (Lipinski definition) is 4. The molecule has 2 heterocycles. The number of hydrogen-bond donors (Lipinski definition) is 2. The first-order valence-corrected chi connectivity index (χ1v) is 6.69. The molecule has 1 atom stereocenters. The predicted molar refractivity (Wildman–Crippen MR) is 75.3 cm³/mol. The number of aromatic nitrogens is 3. The van der Waals surface area contributed by atoms with Gasteiger partial charge in [-0.25, -0.2) is 4.98 Å². The lowest BCUT2D eigenvalue weighted by atomic mass is 10.1. The second kappa shape index (κ2) is 4.96. The van der Waals surface area contributed by atoms with Gasteiger partial charge in [0.1, 0.15) is 12.2 Å². The molecular weight excluding hydrogens is 254 g/mol. The van der Waals surface area contributed by atoms with Gasteiger partial charge in [0.05, 0.1) is 6.04 Å². The van der Waals surface area contributed by atoms with E-state index in [-0.39, 0.29) is 11.9 Å². The zero-order valence-corrected chi connectivity index (χ0v) is 11.6. The van der Waals surface area contributed by atoms with Crippen LogP contribution >= 0.6 is 0 Å². The first kappa shape index (κ1) is 12.7. The molecule has 1 aliphatic rings. The Kier molecular flexibility index (Phi) is 3.14. The molecule has 20 heavy (non-hydrogen) atoms. The third-order valence-electron chi connectivity index (χ3n) is 3.61. The van der Waals surface area contributed by atoms with Gasteiger partial charge in [-0.1, -0.05) is 13.0 Å². The molecule has 0 saturated heterocycles. The smallest absolute Gasteiger partial charge is 0.254 e.